The van der Waals surface area contributed by atoms with Crippen LogP contribution in [0.15, 0.2) is 85.5 Å². The summed E-state index contributed by atoms with van der Waals surface area (Å²) in [5.74, 6) is 1.72. The smallest absolute Gasteiger partial charge is 0.135 e. The number of pyridine rings is 3. The van der Waals surface area contributed by atoms with Crippen LogP contribution in [0.1, 0.15) is 26.3 Å². The van der Waals surface area contributed by atoms with Gasteiger partial charge in [-0.3, -0.25) is 9.97 Å². The number of rotatable bonds is 4. The molecule has 4 aromatic heterocycles. The summed E-state index contributed by atoms with van der Waals surface area (Å²) < 4.78 is 8.34. The first kappa shape index (κ1) is 27.0. The third-order valence-corrected chi connectivity index (χ3v) is 7.23. The molecule has 7 rings (SSSR count). The van der Waals surface area contributed by atoms with E-state index in [0.717, 1.165) is 44.7 Å². The molecule has 0 aliphatic carbocycles. The van der Waals surface area contributed by atoms with E-state index in [1.807, 2.05) is 62.6 Å². The quantitative estimate of drug-likeness (QED) is 0.178. The summed E-state index contributed by atoms with van der Waals surface area (Å²) in [7, 11) is 2.03. The van der Waals surface area contributed by atoms with Gasteiger partial charge in [0.1, 0.15) is 11.7 Å². The van der Waals surface area contributed by atoms with Crippen molar-refractivity contribution in [2.45, 2.75) is 26.2 Å². The average Bonchev–Trinajstić information content (AvgIpc) is 3.47. The summed E-state index contributed by atoms with van der Waals surface area (Å²) >= 11 is 0. The molecule has 2 aromatic carbocycles. The molecular formula is C33H27N6OPt-3. The third kappa shape index (κ3) is 4.74. The average molecular weight is 719 g/mol. The number of fused-ring (bicyclic) bond motifs is 4. The zero-order valence-electron chi connectivity index (χ0n) is 23.1. The molecule has 0 saturated carbocycles. The van der Waals surface area contributed by atoms with Gasteiger partial charge in [-0.1, -0.05) is 38.4 Å². The monoisotopic (exact) mass is 718 g/mol. The summed E-state index contributed by atoms with van der Waals surface area (Å²) in [5, 5.41) is 2.12. The van der Waals surface area contributed by atoms with Crippen LogP contribution in [0.2, 0.25) is 0 Å². The fraction of sp³-hybridized carbons (Fsp3) is 0.152. The minimum absolute atomic E-state index is 0. The SMILES string of the molecule is CN1[CH-]N(c2[c-]c(Oc3[c-]c4c(cc3)c3ccncc3n4-c3cc(C(C)(C)C)ccn3)ncc2)c2ccccc21.[Pt]. The van der Waals surface area contributed by atoms with Gasteiger partial charge in [0.2, 0.25) is 0 Å². The Labute approximate surface area is 253 Å². The number of hydrogen-bond donors (Lipinski definition) is 0. The summed E-state index contributed by atoms with van der Waals surface area (Å²) in [4.78, 5) is 17.7. The van der Waals surface area contributed by atoms with Crippen molar-refractivity contribution in [1.29, 1.82) is 0 Å². The summed E-state index contributed by atoms with van der Waals surface area (Å²) in [5.41, 5.74) is 6.05. The van der Waals surface area contributed by atoms with E-state index in [9.17, 15) is 0 Å². The molecule has 41 heavy (non-hydrogen) atoms. The summed E-state index contributed by atoms with van der Waals surface area (Å²) in [6.07, 6.45) is 7.28. The maximum atomic E-state index is 6.24. The Kier molecular flexibility index (Phi) is 6.78. The Bertz CT molecular complexity index is 1890. The molecule has 7 nitrogen and oxygen atoms in total. The van der Waals surface area contributed by atoms with Gasteiger partial charge >= 0.3 is 0 Å². The summed E-state index contributed by atoms with van der Waals surface area (Å²) in [6, 6.07) is 27.2. The standard InChI is InChI=1S/C33H27N6O.Pt/c1-33(2,3)22-11-15-35-31(17-22)39-29-19-24(9-10-25(29)26-13-14-34-20-30(26)39)40-32-18-23(12-16-36-32)38-21-37(4)27-7-5-6-8-28(27)38;/h5-17,20-21H,1-4H3;/q-3;. The second-order valence-electron chi connectivity index (χ2n) is 10.9. The van der Waals surface area contributed by atoms with E-state index < -0.39 is 0 Å². The van der Waals surface area contributed by atoms with Crippen molar-refractivity contribution >= 4 is 38.9 Å². The first-order valence-electron chi connectivity index (χ1n) is 13.2. The zero-order valence-corrected chi connectivity index (χ0v) is 25.3. The van der Waals surface area contributed by atoms with Crippen LogP contribution in [-0.4, -0.2) is 26.6 Å². The van der Waals surface area contributed by atoms with Crippen LogP contribution in [-0.2, 0) is 26.5 Å². The maximum absolute atomic E-state index is 6.24. The molecule has 0 atom stereocenters. The van der Waals surface area contributed by atoms with E-state index in [-0.39, 0.29) is 26.5 Å². The number of aromatic nitrogens is 4. The molecule has 1 aliphatic rings. The predicted octanol–water partition coefficient (Wildman–Crippen LogP) is 7.36. The second-order valence-corrected chi connectivity index (χ2v) is 10.9. The van der Waals surface area contributed by atoms with Crippen LogP contribution in [0.5, 0.6) is 11.6 Å². The largest absolute Gasteiger partial charge is 0.504 e. The van der Waals surface area contributed by atoms with Crippen molar-refractivity contribution in [3.05, 3.63) is 110 Å². The van der Waals surface area contributed by atoms with Crippen LogP contribution in [0.3, 0.4) is 0 Å². The minimum Gasteiger partial charge on any atom is -0.504 e. The Morgan fingerprint density at radius 2 is 1.66 bits per heavy atom. The number of para-hydroxylation sites is 2. The molecule has 8 heteroatoms. The number of ether oxygens (including phenoxy) is 1. The molecule has 6 aromatic rings. The van der Waals surface area contributed by atoms with E-state index in [4.69, 9.17) is 9.72 Å². The van der Waals surface area contributed by atoms with Gasteiger partial charge in [-0.05, 0) is 59.9 Å². The van der Waals surface area contributed by atoms with Crippen LogP contribution in [0, 0.1) is 18.8 Å². The van der Waals surface area contributed by atoms with E-state index in [0.29, 0.717) is 11.6 Å². The number of nitrogens with zero attached hydrogens (tertiary/aromatic N) is 6. The van der Waals surface area contributed by atoms with Crippen LogP contribution >= 0.6 is 0 Å². The molecule has 0 spiro atoms. The molecule has 0 radical (unpaired) electrons. The number of benzene rings is 2. The number of anilines is 3. The van der Waals surface area contributed by atoms with Gasteiger partial charge in [-0.2, -0.15) is 30.6 Å². The molecule has 0 unspecified atom stereocenters. The molecular weight excluding hydrogens is 691 g/mol. The van der Waals surface area contributed by atoms with Gasteiger partial charge in [0, 0.05) is 50.6 Å². The molecule has 5 heterocycles. The molecule has 0 N–H and O–H groups in total. The van der Waals surface area contributed by atoms with Crippen LogP contribution in [0.25, 0.3) is 27.6 Å². The van der Waals surface area contributed by atoms with Crippen LogP contribution in [0.4, 0.5) is 17.1 Å². The van der Waals surface area contributed by atoms with Crippen molar-refractivity contribution in [1.82, 2.24) is 19.5 Å². The topological polar surface area (TPSA) is 59.3 Å². The Balaban J connectivity index is 0.00000302. The van der Waals surface area contributed by atoms with Gasteiger partial charge in [-0.25, -0.2) is 4.98 Å². The van der Waals surface area contributed by atoms with Gasteiger partial charge < -0.3 is 19.1 Å². The van der Waals surface area contributed by atoms with Crippen molar-refractivity contribution in [2.24, 2.45) is 0 Å². The van der Waals surface area contributed by atoms with Crippen LogP contribution < -0.4 is 14.5 Å². The first-order valence-corrected chi connectivity index (χ1v) is 13.2. The zero-order chi connectivity index (χ0) is 27.4. The van der Waals surface area contributed by atoms with Gasteiger partial charge in [-0.15, -0.1) is 17.5 Å². The van der Waals surface area contributed by atoms with Crippen molar-refractivity contribution < 1.29 is 25.8 Å². The second kappa shape index (κ2) is 10.3. The summed E-state index contributed by atoms with van der Waals surface area (Å²) in [6.45, 7) is 8.63. The Hall–Kier alpha value is -4.22. The van der Waals surface area contributed by atoms with Gasteiger partial charge in [0.15, 0.2) is 0 Å². The number of hydrogen-bond acceptors (Lipinski definition) is 6. The molecule has 1 aliphatic heterocycles. The molecule has 0 fully saturated rings. The fourth-order valence-electron chi connectivity index (χ4n) is 5.19. The molecule has 0 bridgehead atoms. The van der Waals surface area contributed by atoms with Crippen molar-refractivity contribution in [2.75, 3.05) is 16.8 Å². The van der Waals surface area contributed by atoms with E-state index in [2.05, 4.69) is 87.6 Å². The van der Waals surface area contributed by atoms with Gasteiger partial charge in [0.05, 0.1) is 11.7 Å². The van der Waals surface area contributed by atoms with Crippen molar-refractivity contribution in [3.8, 4) is 17.4 Å². The normalized spacial score (nSPS) is 13.0. The maximum Gasteiger partial charge on any atom is 0.135 e. The molecule has 0 amide bonds. The Morgan fingerprint density at radius 1 is 0.854 bits per heavy atom. The minimum atomic E-state index is -0.0126. The van der Waals surface area contributed by atoms with E-state index in [1.54, 1.807) is 6.20 Å². The van der Waals surface area contributed by atoms with Gasteiger partial charge in [0.25, 0.3) is 0 Å². The fourth-order valence-corrected chi connectivity index (χ4v) is 5.19. The van der Waals surface area contributed by atoms with Crippen molar-refractivity contribution in [3.63, 3.8) is 0 Å². The predicted molar refractivity (Wildman–Crippen MR) is 158 cm³/mol. The third-order valence-electron chi connectivity index (χ3n) is 7.23. The molecule has 208 valence electrons. The van der Waals surface area contributed by atoms with E-state index in [1.165, 1.54) is 5.56 Å². The van der Waals surface area contributed by atoms with E-state index >= 15 is 0 Å². The first-order chi connectivity index (χ1) is 19.4. The molecule has 0 saturated heterocycles. The Morgan fingerprint density at radius 3 is 2.49 bits per heavy atom.